The number of halogens is 1. The second kappa shape index (κ2) is 10.8. The van der Waals surface area contributed by atoms with Crippen LogP contribution in [0.25, 0.3) is 0 Å². The lowest BCUT2D eigenvalue weighted by molar-refractivity contribution is -0.131. The highest BCUT2D eigenvalue weighted by Crippen LogP contribution is 2.24. The van der Waals surface area contributed by atoms with Crippen molar-refractivity contribution in [3.63, 3.8) is 0 Å². The van der Waals surface area contributed by atoms with Gasteiger partial charge in [0.1, 0.15) is 5.76 Å². The number of hydrogen-bond acceptors (Lipinski definition) is 4. The van der Waals surface area contributed by atoms with Crippen molar-refractivity contribution in [2.45, 2.75) is 57.3 Å². The molecule has 3 atom stereocenters. The molecule has 2 rings (SSSR count). The predicted octanol–water partition coefficient (Wildman–Crippen LogP) is 2.89. The summed E-state index contributed by atoms with van der Waals surface area (Å²) < 4.78 is 19.5. The van der Waals surface area contributed by atoms with E-state index >= 15 is 0 Å². The largest absolute Gasteiger partial charge is 0.467 e. The summed E-state index contributed by atoms with van der Waals surface area (Å²) >= 11 is 0. The van der Waals surface area contributed by atoms with E-state index in [1.54, 1.807) is 12.1 Å². The molecule has 0 saturated heterocycles. The monoisotopic (exact) mass is 404 g/mol. The Morgan fingerprint density at radius 3 is 2.55 bits per heavy atom. The molecule has 0 spiro atoms. The summed E-state index contributed by atoms with van der Waals surface area (Å²) in [6.45, 7) is 1.31. The van der Waals surface area contributed by atoms with Gasteiger partial charge in [-0.05, 0) is 56.7 Å². The van der Waals surface area contributed by atoms with Crippen LogP contribution in [0.5, 0.6) is 0 Å². The fourth-order valence-corrected chi connectivity index (χ4v) is 3.08. The minimum Gasteiger partial charge on any atom is -0.467 e. The number of carbonyl (C=O) groups excluding carboxylic acids is 2. The van der Waals surface area contributed by atoms with E-state index in [0.717, 1.165) is 12.5 Å². The van der Waals surface area contributed by atoms with Crippen molar-refractivity contribution in [1.82, 2.24) is 5.32 Å². The number of nitrogens with two attached hydrogens (primary N) is 1. The van der Waals surface area contributed by atoms with Crippen LogP contribution in [0.15, 0.2) is 53.1 Å². The highest BCUT2D eigenvalue weighted by atomic mass is 19.1. The van der Waals surface area contributed by atoms with Crippen molar-refractivity contribution >= 4 is 11.8 Å². The van der Waals surface area contributed by atoms with Crippen LogP contribution in [-0.4, -0.2) is 28.7 Å². The summed E-state index contributed by atoms with van der Waals surface area (Å²) in [6.07, 6.45) is 2.02. The Hall–Kier alpha value is -2.67. The zero-order chi connectivity index (χ0) is 21.3. The Labute approximate surface area is 170 Å². The Balaban J connectivity index is 1.94. The van der Waals surface area contributed by atoms with Crippen LogP contribution in [0, 0.1) is 5.92 Å². The van der Waals surface area contributed by atoms with Gasteiger partial charge in [-0.2, -0.15) is 0 Å². The molecule has 1 heterocycles. The number of aliphatic hydroxyl groups excluding tert-OH is 1. The molecule has 0 fully saturated rings. The number of carbonyl (C=O) groups is 2. The van der Waals surface area contributed by atoms with Crippen LogP contribution in [0.3, 0.4) is 0 Å². The van der Waals surface area contributed by atoms with E-state index in [1.807, 2.05) is 30.3 Å². The first-order chi connectivity index (χ1) is 13.8. The Kier molecular flexibility index (Phi) is 8.39. The number of rotatable bonds is 12. The number of amides is 2. The van der Waals surface area contributed by atoms with E-state index in [4.69, 9.17) is 10.2 Å². The molecule has 1 aromatic carbocycles. The van der Waals surface area contributed by atoms with Gasteiger partial charge in [-0.15, -0.1) is 0 Å². The zero-order valence-corrected chi connectivity index (χ0v) is 16.6. The van der Waals surface area contributed by atoms with Gasteiger partial charge in [-0.1, -0.05) is 30.3 Å². The average Bonchev–Trinajstić information content (AvgIpc) is 3.22. The molecule has 7 heteroatoms. The minimum absolute atomic E-state index is 0.0995. The van der Waals surface area contributed by atoms with Gasteiger partial charge >= 0.3 is 0 Å². The standard InChI is InChI=1S/C22H29FN2O4/c1-22(23,21(24)28)12-11-17(20(27)25-15-19-8-5-13-29-19)14-18(26)10-9-16-6-3-2-4-7-16/h2-8,13,17-18,26H,9-12,14-15H2,1H3,(H2,24,28)(H,25,27)/t17-,18+,22?/m1/s1. The fraction of sp³-hybridized carbons (Fsp3) is 0.455. The summed E-state index contributed by atoms with van der Waals surface area (Å²) in [5.74, 6) is -1.43. The molecule has 2 amide bonds. The van der Waals surface area contributed by atoms with Gasteiger partial charge in [0.05, 0.1) is 18.9 Å². The number of alkyl halides is 1. The van der Waals surface area contributed by atoms with E-state index in [-0.39, 0.29) is 31.7 Å². The third-order valence-corrected chi connectivity index (χ3v) is 5.03. The molecule has 2 aromatic rings. The van der Waals surface area contributed by atoms with Crippen LogP contribution >= 0.6 is 0 Å². The van der Waals surface area contributed by atoms with E-state index in [0.29, 0.717) is 18.6 Å². The van der Waals surface area contributed by atoms with Gasteiger partial charge in [0.2, 0.25) is 5.91 Å². The predicted molar refractivity (Wildman–Crippen MR) is 107 cm³/mol. The maximum atomic E-state index is 14.3. The third-order valence-electron chi connectivity index (χ3n) is 5.03. The van der Waals surface area contributed by atoms with Crippen LogP contribution in [0.1, 0.15) is 43.9 Å². The fourth-order valence-electron chi connectivity index (χ4n) is 3.08. The van der Waals surface area contributed by atoms with Crippen molar-refractivity contribution in [3.8, 4) is 0 Å². The van der Waals surface area contributed by atoms with E-state index < -0.39 is 23.6 Å². The van der Waals surface area contributed by atoms with Crippen molar-refractivity contribution in [2.75, 3.05) is 0 Å². The summed E-state index contributed by atoms with van der Waals surface area (Å²) in [6, 6.07) is 13.2. The summed E-state index contributed by atoms with van der Waals surface area (Å²) in [5, 5.41) is 13.2. The van der Waals surface area contributed by atoms with Crippen LogP contribution in [0.4, 0.5) is 4.39 Å². The second-order valence-electron chi connectivity index (χ2n) is 7.51. The average molecular weight is 404 g/mol. The minimum atomic E-state index is -2.20. The van der Waals surface area contributed by atoms with E-state index in [2.05, 4.69) is 5.32 Å². The lowest BCUT2D eigenvalue weighted by Gasteiger charge is -2.23. The highest BCUT2D eigenvalue weighted by Gasteiger charge is 2.33. The third kappa shape index (κ3) is 7.69. The smallest absolute Gasteiger partial charge is 0.254 e. The molecule has 4 N–H and O–H groups in total. The van der Waals surface area contributed by atoms with Crippen molar-refractivity contribution in [1.29, 1.82) is 0 Å². The number of benzene rings is 1. The Morgan fingerprint density at radius 2 is 1.93 bits per heavy atom. The Morgan fingerprint density at radius 1 is 1.21 bits per heavy atom. The first kappa shape index (κ1) is 22.6. The topological polar surface area (TPSA) is 106 Å². The first-order valence-corrected chi connectivity index (χ1v) is 9.79. The van der Waals surface area contributed by atoms with E-state index in [9.17, 15) is 19.1 Å². The maximum Gasteiger partial charge on any atom is 0.254 e. The van der Waals surface area contributed by atoms with Gasteiger partial charge < -0.3 is 20.6 Å². The number of aliphatic hydroxyl groups is 1. The van der Waals surface area contributed by atoms with Crippen LogP contribution in [0.2, 0.25) is 0 Å². The molecule has 29 heavy (non-hydrogen) atoms. The first-order valence-electron chi connectivity index (χ1n) is 9.79. The number of nitrogens with one attached hydrogen (secondary N) is 1. The summed E-state index contributed by atoms with van der Waals surface area (Å²) in [5.41, 5.74) is 3.99. The Bertz CT molecular complexity index is 762. The molecule has 0 bridgehead atoms. The van der Waals surface area contributed by atoms with Gasteiger partial charge in [-0.3, -0.25) is 9.59 Å². The van der Waals surface area contributed by atoms with Crippen molar-refractivity contribution < 1.29 is 23.5 Å². The lowest BCUT2D eigenvalue weighted by Crippen LogP contribution is -2.39. The lowest BCUT2D eigenvalue weighted by atomic mass is 9.88. The van der Waals surface area contributed by atoms with Crippen molar-refractivity contribution in [2.24, 2.45) is 11.7 Å². The second-order valence-corrected chi connectivity index (χ2v) is 7.51. The summed E-state index contributed by atoms with van der Waals surface area (Å²) in [7, 11) is 0. The molecule has 0 aliphatic carbocycles. The number of hydrogen-bond donors (Lipinski definition) is 3. The van der Waals surface area contributed by atoms with Gasteiger partial charge in [-0.25, -0.2) is 4.39 Å². The number of aryl methyl sites for hydroxylation is 1. The maximum absolute atomic E-state index is 14.3. The van der Waals surface area contributed by atoms with Crippen molar-refractivity contribution in [3.05, 3.63) is 60.1 Å². The molecule has 1 aromatic heterocycles. The van der Waals surface area contributed by atoms with Gasteiger partial charge in [0, 0.05) is 5.92 Å². The molecule has 0 radical (unpaired) electrons. The van der Waals surface area contributed by atoms with Gasteiger partial charge in [0.25, 0.3) is 5.91 Å². The highest BCUT2D eigenvalue weighted by molar-refractivity contribution is 5.83. The number of primary amides is 1. The number of furan rings is 1. The molecule has 6 nitrogen and oxygen atoms in total. The quantitative estimate of drug-likeness (QED) is 0.506. The van der Waals surface area contributed by atoms with Crippen LogP contribution < -0.4 is 11.1 Å². The van der Waals surface area contributed by atoms with E-state index in [1.165, 1.54) is 6.26 Å². The molecule has 1 unspecified atom stereocenters. The van der Waals surface area contributed by atoms with Gasteiger partial charge in [0.15, 0.2) is 5.67 Å². The molecule has 0 aliphatic rings. The molecular weight excluding hydrogens is 375 g/mol. The zero-order valence-electron chi connectivity index (χ0n) is 16.6. The molecule has 0 aliphatic heterocycles. The van der Waals surface area contributed by atoms with Crippen LogP contribution in [-0.2, 0) is 22.6 Å². The summed E-state index contributed by atoms with van der Waals surface area (Å²) in [4.78, 5) is 23.9. The molecule has 158 valence electrons. The molecule has 0 saturated carbocycles. The molecular formula is C22H29FN2O4. The SMILES string of the molecule is CC(F)(CC[C@H](C[C@@H](O)CCc1ccccc1)C(=O)NCc1ccco1)C(N)=O. The normalized spacial score (nSPS) is 15.3.